The van der Waals surface area contributed by atoms with Crippen molar-refractivity contribution in [3.8, 4) is 5.75 Å². The zero-order valence-corrected chi connectivity index (χ0v) is 14.0. The van der Waals surface area contributed by atoms with E-state index in [2.05, 4.69) is 10.6 Å². The molecule has 2 N–H and O–H groups in total. The van der Waals surface area contributed by atoms with E-state index in [9.17, 15) is 9.59 Å². The number of ether oxygens (including phenoxy) is 1. The molecule has 2 aromatic rings. The molecule has 2 aromatic carbocycles. The van der Waals surface area contributed by atoms with E-state index in [1.54, 1.807) is 13.2 Å². The molecule has 24 heavy (non-hydrogen) atoms. The lowest BCUT2D eigenvalue weighted by molar-refractivity contribution is -0.136. The van der Waals surface area contributed by atoms with Crippen LogP contribution in [0, 0.1) is 0 Å². The van der Waals surface area contributed by atoms with Crippen LogP contribution >= 0.6 is 0 Å². The molecule has 0 bridgehead atoms. The summed E-state index contributed by atoms with van der Waals surface area (Å²) in [6.45, 7) is 2.38. The number of carbonyl (C=O) groups excluding carboxylic acids is 2. The second kappa shape index (κ2) is 8.72. The maximum Gasteiger partial charge on any atom is 0.313 e. The van der Waals surface area contributed by atoms with E-state index in [-0.39, 0.29) is 0 Å². The van der Waals surface area contributed by atoms with Gasteiger partial charge in [-0.2, -0.15) is 0 Å². The number of hydrogen-bond donors (Lipinski definition) is 2. The fraction of sp³-hybridized carbons (Fsp3) is 0.263. The maximum absolute atomic E-state index is 12.0. The molecule has 0 radical (unpaired) electrons. The minimum Gasteiger partial charge on any atom is -0.497 e. The average Bonchev–Trinajstić information content (AvgIpc) is 2.62. The predicted molar refractivity (Wildman–Crippen MR) is 94.2 cm³/mol. The van der Waals surface area contributed by atoms with Crippen LogP contribution in [-0.2, 0) is 22.4 Å². The highest BCUT2D eigenvalue weighted by Gasteiger charge is 2.14. The topological polar surface area (TPSA) is 67.4 Å². The Balaban J connectivity index is 1.84. The Morgan fingerprint density at radius 1 is 1.04 bits per heavy atom. The van der Waals surface area contributed by atoms with E-state index in [4.69, 9.17) is 4.74 Å². The number of rotatable bonds is 6. The standard InChI is InChI=1S/C19H22N2O3/c1-3-15-8-4-5-10-17(15)21-19(23)18(22)20-12-11-14-7-6-9-16(13-14)24-2/h4-10,13H,3,11-12H2,1-2H3,(H,20,22)(H,21,23). The van der Waals surface area contributed by atoms with Gasteiger partial charge in [-0.1, -0.05) is 37.3 Å². The molecule has 0 spiro atoms. The molecule has 0 fully saturated rings. The summed E-state index contributed by atoms with van der Waals surface area (Å²) in [5, 5.41) is 5.29. The zero-order chi connectivity index (χ0) is 17.4. The van der Waals surface area contributed by atoms with Gasteiger partial charge in [0.05, 0.1) is 7.11 Å². The SMILES string of the molecule is CCc1ccccc1NC(=O)C(=O)NCCc1cccc(OC)c1. The quantitative estimate of drug-likeness (QED) is 0.802. The lowest BCUT2D eigenvalue weighted by Gasteiger charge is -2.10. The van der Waals surface area contributed by atoms with Crippen LogP contribution in [0.5, 0.6) is 5.75 Å². The summed E-state index contributed by atoms with van der Waals surface area (Å²) >= 11 is 0. The lowest BCUT2D eigenvalue weighted by Crippen LogP contribution is -2.36. The second-order valence-corrected chi connectivity index (χ2v) is 5.32. The first-order valence-corrected chi connectivity index (χ1v) is 7.94. The van der Waals surface area contributed by atoms with E-state index >= 15 is 0 Å². The smallest absolute Gasteiger partial charge is 0.313 e. The number of amides is 2. The first-order chi connectivity index (χ1) is 11.6. The van der Waals surface area contributed by atoms with Gasteiger partial charge in [-0.05, 0) is 42.2 Å². The molecule has 0 saturated heterocycles. The number of nitrogens with one attached hydrogen (secondary N) is 2. The van der Waals surface area contributed by atoms with E-state index in [1.807, 2.05) is 49.4 Å². The summed E-state index contributed by atoms with van der Waals surface area (Å²) in [4.78, 5) is 23.9. The van der Waals surface area contributed by atoms with Gasteiger partial charge in [-0.15, -0.1) is 0 Å². The van der Waals surface area contributed by atoms with Crippen molar-refractivity contribution >= 4 is 17.5 Å². The molecule has 0 aliphatic heterocycles. The molecule has 0 aromatic heterocycles. The van der Waals surface area contributed by atoms with Crippen molar-refractivity contribution in [3.05, 3.63) is 59.7 Å². The molecular weight excluding hydrogens is 304 g/mol. The van der Waals surface area contributed by atoms with E-state index in [0.29, 0.717) is 18.7 Å². The highest BCUT2D eigenvalue weighted by molar-refractivity contribution is 6.39. The summed E-state index contributed by atoms with van der Waals surface area (Å²) in [7, 11) is 1.61. The van der Waals surface area contributed by atoms with Gasteiger partial charge in [0.1, 0.15) is 5.75 Å². The van der Waals surface area contributed by atoms with Gasteiger partial charge in [0, 0.05) is 12.2 Å². The molecule has 126 valence electrons. The maximum atomic E-state index is 12.0. The Kier molecular flexibility index (Phi) is 6.37. The molecule has 5 heteroatoms. The molecule has 0 heterocycles. The Morgan fingerprint density at radius 3 is 2.58 bits per heavy atom. The number of benzene rings is 2. The molecule has 0 unspecified atom stereocenters. The van der Waals surface area contributed by atoms with Crippen molar-refractivity contribution < 1.29 is 14.3 Å². The summed E-state index contributed by atoms with van der Waals surface area (Å²) in [6, 6.07) is 15.1. The van der Waals surface area contributed by atoms with Crippen LogP contribution in [0.4, 0.5) is 5.69 Å². The van der Waals surface area contributed by atoms with Crippen LogP contribution in [0.1, 0.15) is 18.1 Å². The summed E-state index contributed by atoms with van der Waals surface area (Å²) < 4.78 is 5.16. The average molecular weight is 326 g/mol. The van der Waals surface area contributed by atoms with Crippen molar-refractivity contribution in [2.24, 2.45) is 0 Å². The first-order valence-electron chi connectivity index (χ1n) is 7.94. The van der Waals surface area contributed by atoms with Gasteiger partial charge in [-0.3, -0.25) is 9.59 Å². The highest BCUT2D eigenvalue weighted by Crippen LogP contribution is 2.15. The number of anilines is 1. The molecule has 5 nitrogen and oxygen atoms in total. The monoisotopic (exact) mass is 326 g/mol. The molecule has 0 saturated carbocycles. The molecule has 0 aliphatic carbocycles. The molecule has 2 rings (SSSR count). The van der Waals surface area contributed by atoms with Crippen molar-refractivity contribution in [2.45, 2.75) is 19.8 Å². The second-order valence-electron chi connectivity index (χ2n) is 5.32. The van der Waals surface area contributed by atoms with E-state index in [0.717, 1.165) is 23.3 Å². The fourth-order valence-corrected chi connectivity index (χ4v) is 2.36. The number of methoxy groups -OCH3 is 1. The molecule has 2 amide bonds. The highest BCUT2D eigenvalue weighted by atomic mass is 16.5. The van der Waals surface area contributed by atoms with Crippen molar-refractivity contribution in [3.63, 3.8) is 0 Å². The summed E-state index contributed by atoms with van der Waals surface area (Å²) in [5.74, 6) is -0.516. The Morgan fingerprint density at radius 2 is 1.83 bits per heavy atom. The van der Waals surface area contributed by atoms with Gasteiger partial charge >= 0.3 is 11.8 Å². The van der Waals surface area contributed by atoms with Gasteiger partial charge in [0.25, 0.3) is 0 Å². The molecule has 0 atom stereocenters. The van der Waals surface area contributed by atoms with Crippen LogP contribution in [0.15, 0.2) is 48.5 Å². The molecular formula is C19H22N2O3. The van der Waals surface area contributed by atoms with Gasteiger partial charge in [0.2, 0.25) is 0 Å². The van der Waals surface area contributed by atoms with E-state index < -0.39 is 11.8 Å². The van der Waals surface area contributed by atoms with Crippen LogP contribution in [0.25, 0.3) is 0 Å². The third-order valence-electron chi connectivity index (χ3n) is 3.69. The van der Waals surface area contributed by atoms with Gasteiger partial charge in [-0.25, -0.2) is 0 Å². The third kappa shape index (κ3) is 4.84. The van der Waals surface area contributed by atoms with Crippen LogP contribution in [0.3, 0.4) is 0 Å². The van der Waals surface area contributed by atoms with Crippen LogP contribution < -0.4 is 15.4 Å². The Hall–Kier alpha value is -2.82. The number of carbonyl (C=O) groups is 2. The Labute approximate surface area is 142 Å². The largest absolute Gasteiger partial charge is 0.497 e. The number of aryl methyl sites for hydroxylation is 1. The lowest BCUT2D eigenvalue weighted by atomic mass is 10.1. The van der Waals surface area contributed by atoms with Crippen LogP contribution in [0.2, 0.25) is 0 Å². The minimum atomic E-state index is -0.651. The van der Waals surface area contributed by atoms with Crippen molar-refractivity contribution in [2.75, 3.05) is 19.0 Å². The third-order valence-corrected chi connectivity index (χ3v) is 3.69. The Bertz CT molecular complexity index is 713. The predicted octanol–water partition coefficient (Wildman–Crippen LogP) is 2.56. The first kappa shape index (κ1) is 17.5. The zero-order valence-electron chi connectivity index (χ0n) is 14.0. The van der Waals surface area contributed by atoms with Crippen LogP contribution in [-0.4, -0.2) is 25.5 Å². The normalized spacial score (nSPS) is 10.1. The fourth-order valence-electron chi connectivity index (χ4n) is 2.36. The van der Waals surface area contributed by atoms with Crippen molar-refractivity contribution in [1.29, 1.82) is 0 Å². The minimum absolute atomic E-state index is 0.384. The number of para-hydroxylation sites is 1. The van der Waals surface area contributed by atoms with Gasteiger partial charge in [0.15, 0.2) is 0 Å². The van der Waals surface area contributed by atoms with Crippen molar-refractivity contribution in [1.82, 2.24) is 5.32 Å². The summed E-state index contributed by atoms with van der Waals surface area (Å²) in [6.07, 6.45) is 1.41. The molecule has 0 aliphatic rings. The number of hydrogen-bond acceptors (Lipinski definition) is 3. The van der Waals surface area contributed by atoms with Gasteiger partial charge < -0.3 is 15.4 Å². The summed E-state index contributed by atoms with van der Waals surface area (Å²) in [5.41, 5.74) is 2.70. The van der Waals surface area contributed by atoms with E-state index in [1.165, 1.54) is 0 Å².